The highest BCUT2D eigenvalue weighted by atomic mass is 32.2. The molecule has 0 atom stereocenters. The summed E-state index contributed by atoms with van der Waals surface area (Å²) in [6.45, 7) is 3.23. The molecular weight excluding hydrogens is 264 g/mol. The van der Waals surface area contributed by atoms with Crippen molar-refractivity contribution in [2.45, 2.75) is 19.1 Å². The summed E-state index contributed by atoms with van der Waals surface area (Å²) in [5.41, 5.74) is 0.721. The number of ether oxygens (including phenoxy) is 1. The lowest BCUT2D eigenvalue weighted by Gasteiger charge is -2.09. The van der Waals surface area contributed by atoms with E-state index in [9.17, 15) is 8.42 Å². The molecule has 0 amide bonds. The van der Waals surface area contributed by atoms with Gasteiger partial charge < -0.3 is 9.84 Å². The Morgan fingerprint density at radius 3 is 2.74 bits per heavy atom. The van der Waals surface area contributed by atoms with E-state index in [1.54, 1.807) is 38.1 Å². The number of aliphatic hydroxyl groups is 1. The Hall–Kier alpha value is -1.51. The maximum absolute atomic E-state index is 11.6. The fourth-order valence-corrected chi connectivity index (χ4v) is 2.10. The van der Waals surface area contributed by atoms with Crippen LogP contribution in [-0.2, 0) is 9.84 Å². The maximum atomic E-state index is 11.6. The van der Waals surface area contributed by atoms with Crippen LogP contribution < -0.4 is 4.74 Å². The molecule has 0 heterocycles. The van der Waals surface area contributed by atoms with Gasteiger partial charge in [0.2, 0.25) is 0 Å². The van der Waals surface area contributed by atoms with Gasteiger partial charge in [0, 0.05) is 5.56 Å². The molecule has 0 saturated carbocycles. The molecule has 0 radical (unpaired) electrons. The molecule has 0 fully saturated rings. The lowest BCUT2D eigenvalue weighted by atomic mass is 10.2. The molecule has 104 valence electrons. The Morgan fingerprint density at radius 2 is 2.11 bits per heavy atom. The van der Waals surface area contributed by atoms with Gasteiger partial charge in [0.1, 0.15) is 19.0 Å². The number of hydrogen-bond donors (Lipinski definition) is 1. The van der Waals surface area contributed by atoms with Crippen LogP contribution in [0.5, 0.6) is 5.75 Å². The highest BCUT2D eigenvalue weighted by Gasteiger charge is 2.15. The summed E-state index contributed by atoms with van der Waals surface area (Å²) in [5, 5.41) is 8.22. The largest absolute Gasteiger partial charge is 0.492 e. The second kappa shape index (κ2) is 7.17. The van der Waals surface area contributed by atoms with E-state index >= 15 is 0 Å². The Kier molecular flexibility index (Phi) is 5.87. The van der Waals surface area contributed by atoms with Gasteiger partial charge in [-0.3, -0.25) is 0 Å². The molecule has 0 unspecified atom stereocenters. The van der Waals surface area contributed by atoms with E-state index in [4.69, 9.17) is 9.84 Å². The maximum Gasteiger partial charge on any atom is 0.155 e. The average molecular weight is 282 g/mol. The monoisotopic (exact) mass is 282 g/mol. The van der Waals surface area contributed by atoms with E-state index in [0.29, 0.717) is 5.75 Å². The number of hydrogen-bond acceptors (Lipinski definition) is 4. The second-order valence-corrected chi connectivity index (χ2v) is 6.93. The van der Waals surface area contributed by atoms with Crippen LogP contribution in [0.4, 0.5) is 0 Å². The van der Waals surface area contributed by atoms with Crippen molar-refractivity contribution >= 4 is 9.84 Å². The van der Waals surface area contributed by atoms with E-state index in [1.807, 2.05) is 0 Å². The number of aliphatic hydroxyl groups excluding tert-OH is 1. The molecule has 19 heavy (non-hydrogen) atoms. The summed E-state index contributed by atoms with van der Waals surface area (Å²) in [4.78, 5) is 0. The van der Waals surface area contributed by atoms with Crippen molar-refractivity contribution in [3.63, 3.8) is 0 Å². The topological polar surface area (TPSA) is 63.6 Å². The van der Waals surface area contributed by atoms with E-state index < -0.39 is 15.1 Å². The third-order valence-corrected chi connectivity index (χ3v) is 4.67. The molecule has 0 saturated heterocycles. The molecule has 1 aromatic rings. The highest BCUT2D eigenvalue weighted by molar-refractivity contribution is 7.91. The standard InChI is InChI=1S/C14H18O4S/c1-12(2)19(16,17)10-9-18-14-7-3-5-13(11-14)6-4-8-15/h3,5,7,11-12,15H,8-10H2,1-2H3. The molecule has 1 N–H and O–H groups in total. The minimum Gasteiger partial charge on any atom is -0.492 e. The molecule has 0 aromatic heterocycles. The van der Waals surface area contributed by atoms with Crippen LogP contribution in [0.3, 0.4) is 0 Å². The first-order valence-corrected chi connectivity index (χ1v) is 7.71. The minimum absolute atomic E-state index is 0.00277. The van der Waals surface area contributed by atoms with Gasteiger partial charge in [-0.2, -0.15) is 0 Å². The van der Waals surface area contributed by atoms with Gasteiger partial charge >= 0.3 is 0 Å². The minimum atomic E-state index is -3.08. The van der Waals surface area contributed by atoms with Crippen molar-refractivity contribution in [2.24, 2.45) is 0 Å². The summed E-state index contributed by atoms with van der Waals surface area (Å²) in [6, 6.07) is 7.02. The van der Waals surface area contributed by atoms with Gasteiger partial charge in [0.05, 0.1) is 11.0 Å². The van der Waals surface area contributed by atoms with Crippen LogP contribution in [0.2, 0.25) is 0 Å². The lowest BCUT2D eigenvalue weighted by molar-refractivity contribution is 0.340. The summed E-state index contributed by atoms with van der Waals surface area (Å²) in [6.07, 6.45) is 0. The third kappa shape index (κ3) is 5.33. The first kappa shape index (κ1) is 15.5. The van der Waals surface area contributed by atoms with Crippen molar-refractivity contribution in [3.8, 4) is 17.6 Å². The zero-order chi connectivity index (χ0) is 14.3. The summed E-state index contributed by atoms with van der Waals surface area (Å²) >= 11 is 0. The molecule has 0 aliphatic carbocycles. The Bertz CT molecular complexity index is 565. The number of sulfone groups is 1. The first-order chi connectivity index (χ1) is 8.95. The zero-order valence-corrected chi connectivity index (χ0v) is 11.9. The Labute approximate surface area is 114 Å². The van der Waals surface area contributed by atoms with E-state index in [0.717, 1.165) is 5.56 Å². The molecular formula is C14H18O4S. The number of benzene rings is 1. The molecule has 5 heteroatoms. The fraction of sp³-hybridized carbons (Fsp3) is 0.429. The molecule has 1 rings (SSSR count). The third-order valence-electron chi connectivity index (χ3n) is 2.50. The highest BCUT2D eigenvalue weighted by Crippen LogP contribution is 2.13. The zero-order valence-electron chi connectivity index (χ0n) is 11.1. The van der Waals surface area contributed by atoms with Crippen molar-refractivity contribution in [1.29, 1.82) is 0 Å². The summed E-state index contributed by atoms with van der Waals surface area (Å²) in [7, 11) is -3.08. The molecule has 0 spiro atoms. The van der Waals surface area contributed by atoms with Crippen LogP contribution in [0.15, 0.2) is 24.3 Å². The fourth-order valence-electron chi connectivity index (χ4n) is 1.32. The molecule has 1 aromatic carbocycles. The van der Waals surface area contributed by atoms with E-state index in [1.165, 1.54) is 0 Å². The molecule has 0 aliphatic rings. The molecule has 0 bridgehead atoms. The Balaban J connectivity index is 2.59. The molecule has 0 aliphatic heterocycles. The van der Waals surface area contributed by atoms with Gasteiger partial charge in [-0.15, -0.1) is 0 Å². The van der Waals surface area contributed by atoms with Crippen molar-refractivity contribution in [1.82, 2.24) is 0 Å². The van der Waals surface area contributed by atoms with Gasteiger partial charge in [-0.05, 0) is 32.0 Å². The van der Waals surface area contributed by atoms with Crippen molar-refractivity contribution in [2.75, 3.05) is 19.0 Å². The average Bonchev–Trinajstić information content (AvgIpc) is 2.36. The van der Waals surface area contributed by atoms with Crippen molar-refractivity contribution < 1.29 is 18.3 Å². The summed E-state index contributed by atoms with van der Waals surface area (Å²) in [5.74, 6) is 5.87. The lowest BCUT2D eigenvalue weighted by Crippen LogP contribution is -2.22. The van der Waals surface area contributed by atoms with Crippen LogP contribution in [0, 0.1) is 11.8 Å². The van der Waals surface area contributed by atoms with Gasteiger partial charge in [0.25, 0.3) is 0 Å². The van der Waals surface area contributed by atoms with E-state index in [-0.39, 0.29) is 19.0 Å². The van der Waals surface area contributed by atoms with Crippen LogP contribution >= 0.6 is 0 Å². The smallest absolute Gasteiger partial charge is 0.155 e. The van der Waals surface area contributed by atoms with E-state index in [2.05, 4.69) is 11.8 Å². The first-order valence-electron chi connectivity index (χ1n) is 6.00. The van der Waals surface area contributed by atoms with Gasteiger partial charge in [0.15, 0.2) is 9.84 Å². The molecule has 4 nitrogen and oxygen atoms in total. The van der Waals surface area contributed by atoms with Gasteiger partial charge in [-0.1, -0.05) is 17.9 Å². The quantitative estimate of drug-likeness (QED) is 0.825. The van der Waals surface area contributed by atoms with Crippen molar-refractivity contribution in [3.05, 3.63) is 29.8 Å². The number of rotatable bonds is 5. The normalized spacial score (nSPS) is 10.9. The van der Waals surface area contributed by atoms with Crippen LogP contribution in [0.25, 0.3) is 0 Å². The Morgan fingerprint density at radius 1 is 1.37 bits per heavy atom. The van der Waals surface area contributed by atoms with Crippen LogP contribution in [-0.4, -0.2) is 37.7 Å². The predicted octanol–water partition coefficient (Wildman–Crippen LogP) is 1.23. The predicted molar refractivity (Wildman–Crippen MR) is 74.8 cm³/mol. The van der Waals surface area contributed by atoms with Crippen LogP contribution in [0.1, 0.15) is 19.4 Å². The SMILES string of the molecule is CC(C)S(=O)(=O)CCOc1cccc(C#CCO)c1. The summed E-state index contributed by atoms with van der Waals surface area (Å²) < 4.78 is 28.6. The second-order valence-electron chi connectivity index (χ2n) is 4.25. The van der Waals surface area contributed by atoms with Gasteiger partial charge in [-0.25, -0.2) is 8.42 Å².